The smallest absolute Gasteiger partial charge is 0.405 e. The summed E-state index contributed by atoms with van der Waals surface area (Å²) in [5, 5.41) is 0. The van der Waals surface area contributed by atoms with Crippen LogP contribution in [0.15, 0.2) is 60.7 Å². The zero-order chi connectivity index (χ0) is 23.7. The Hall–Kier alpha value is -3.44. The summed E-state index contributed by atoms with van der Waals surface area (Å²) in [5.74, 6) is -1.67. The van der Waals surface area contributed by atoms with Gasteiger partial charge in [-0.3, -0.25) is 0 Å². The summed E-state index contributed by atoms with van der Waals surface area (Å²) < 4.78 is 124. The minimum atomic E-state index is -5.19. The minimum absolute atomic E-state index is 0.337. The van der Waals surface area contributed by atoms with Crippen LogP contribution in [0, 0.1) is 0 Å². The molecule has 0 N–H and O–H groups in total. The number of para-hydroxylation sites is 2. The summed E-state index contributed by atoms with van der Waals surface area (Å²) in [4.78, 5) is 3.41. The maximum absolute atomic E-state index is 13.2. The minimum Gasteiger partial charge on any atom is -0.405 e. The first-order valence-electron chi connectivity index (χ1n) is 8.53. The molecular formula is C20H10F9NO2. The van der Waals surface area contributed by atoms with Crippen LogP contribution in [0.5, 0.6) is 11.5 Å². The van der Waals surface area contributed by atoms with E-state index in [9.17, 15) is 39.5 Å². The van der Waals surface area contributed by atoms with E-state index in [4.69, 9.17) is 0 Å². The van der Waals surface area contributed by atoms with Gasteiger partial charge in [0.15, 0.2) is 0 Å². The van der Waals surface area contributed by atoms with Crippen LogP contribution in [-0.4, -0.2) is 17.7 Å². The zero-order valence-electron chi connectivity index (χ0n) is 15.4. The van der Waals surface area contributed by atoms with Crippen molar-refractivity contribution >= 4 is 0 Å². The Morgan fingerprint density at radius 1 is 0.531 bits per heavy atom. The molecule has 0 saturated carbocycles. The summed E-state index contributed by atoms with van der Waals surface area (Å²) >= 11 is 0. The number of halogens is 9. The van der Waals surface area contributed by atoms with Gasteiger partial charge in [0.05, 0.1) is 5.69 Å². The topological polar surface area (TPSA) is 31.4 Å². The van der Waals surface area contributed by atoms with Gasteiger partial charge >= 0.3 is 18.9 Å². The second kappa shape index (κ2) is 8.24. The zero-order valence-corrected chi connectivity index (χ0v) is 15.4. The van der Waals surface area contributed by atoms with Gasteiger partial charge in [0.25, 0.3) is 0 Å². The third kappa shape index (κ3) is 5.62. The number of ether oxygens (including phenoxy) is 2. The fraction of sp³-hybridized carbons (Fsp3) is 0.150. The van der Waals surface area contributed by atoms with Crippen molar-refractivity contribution in [1.29, 1.82) is 0 Å². The average molecular weight is 467 g/mol. The van der Waals surface area contributed by atoms with Gasteiger partial charge in [-0.1, -0.05) is 30.3 Å². The Morgan fingerprint density at radius 2 is 1.00 bits per heavy atom. The van der Waals surface area contributed by atoms with Gasteiger partial charge in [-0.05, 0) is 30.3 Å². The highest BCUT2D eigenvalue weighted by Gasteiger charge is 2.36. The predicted molar refractivity (Wildman–Crippen MR) is 93.5 cm³/mol. The highest BCUT2D eigenvalue weighted by molar-refractivity contribution is 5.86. The Balaban J connectivity index is 2.29. The highest BCUT2D eigenvalue weighted by atomic mass is 19.4. The van der Waals surface area contributed by atoms with Crippen molar-refractivity contribution < 1.29 is 49.0 Å². The van der Waals surface area contributed by atoms with Crippen molar-refractivity contribution in [2.24, 2.45) is 0 Å². The van der Waals surface area contributed by atoms with Crippen molar-refractivity contribution in [2.45, 2.75) is 18.9 Å². The second-order valence-electron chi connectivity index (χ2n) is 6.18. The molecule has 12 heteroatoms. The van der Waals surface area contributed by atoms with Crippen LogP contribution in [0.25, 0.3) is 22.4 Å². The van der Waals surface area contributed by atoms with Crippen LogP contribution >= 0.6 is 0 Å². The Morgan fingerprint density at radius 3 is 1.50 bits per heavy atom. The lowest BCUT2D eigenvalue weighted by Crippen LogP contribution is -2.18. The van der Waals surface area contributed by atoms with E-state index in [1.165, 1.54) is 18.2 Å². The van der Waals surface area contributed by atoms with Crippen molar-refractivity contribution in [3.8, 4) is 33.9 Å². The summed E-state index contributed by atoms with van der Waals surface area (Å²) in [5.41, 5.74) is -3.35. The van der Waals surface area contributed by atoms with Crippen molar-refractivity contribution in [3.63, 3.8) is 0 Å². The molecule has 1 aromatic heterocycles. The maximum Gasteiger partial charge on any atom is 0.573 e. The fourth-order valence-corrected chi connectivity index (χ4v) is 2.82. The molecule has 0 aliphatic rings. The highest BCUT2D eigenvalue weighted by Crippen LogP contribution is 2.43. The number of aromatic nitrogens is 1. The molecule has 170 valence electrons. The van der Waals surface area contributed by atoms with Crippen molar-refractivity contribution in [3.05, 3.63) is 66.4 Å². The van der Waals surface area contributed by atoms with E-state index in [1.807, 2.05) is 0 Å². The summed E-state index contributed by atoms with van der Waals surface area (Å²) in [6.07, 6.45) is -15.3. The molecule has 0 aliphatic heterocycles. The number of alkyl halides is 9. The molecule has 3 nitrogen and oxygen atoms in total. The average Bonchev–Trinajstić information content (AvgIpc) is 2.65. The van der Waals surface area contributed by atoms with Crippen molar-refractivity contribution in [1.82, 2.24) is 4.98 Å². The molecule has 0 aliphatic carbocycles. The van der Waals surface area contributed by atoms with E-state index in [0.717, 1.165) is 36.4 Å². The molecule has 0 atom stereocenters. The van der Waals surface area contributed by atoms with Crippen LogP contribution in [0.4, 0.5) is 39.5 Å². The summed E-state index contributed by atoms with van der Waals surface area (Å²) in [6, 6.07) is 9.95. The molecule has 0 saturated heterocycles. The molecule has 3 rings (SSSR count). The van der Waals surface area contributed by atoms with E-state index in [1.54, 1.807) is 0 Å². The van der Waals surface area contributed by atoms with Gasteiger partial charge in [0, 0.05) is 16.7 Å². The Kier molecular flexibility index (Phi) is 5.98. The molecule has 0 radical (unpaired) electrons. The van der Waals surface area contributed by atoms with Crippen LogP contribution in [-0.2, 0) is 6.18 Å². The van der Waals surface area contributed by atoms with Gasteiger partial charge in [-0.25, -0.2) is 4.98 Å². The number of pyridine rings is 1. The van der Waals surface area contributed by atoms with Crippen molar-refractivity contribution in [2.75, 3.05) is 0 Å². The molecule has 0 amide bonds. The van der Waals surface area contributed by atoms with Gasteiger partial charge in [-0.2, -0.15) is 13.2 Å². The molecule has 1 heterocycles. The van der Waals surface area contributed by atoms with Gasteiger partial charge in [0.1, 0.15) is 17.2 Å². The first kappa shape index (κ1) is 23.2. The third-order valence-electron chi connectivity index (χ3n) is 3.96. The molecule has 32 heavy (non-hydrogen) atoms. The number of nitrogens with zero attached hydrogens (tertiary/aromatic N) is 1. The Labute approximate surface area is 174 Å². The number of hydrogen-bond donors (Lipinski definition) is 0. The lowest BCUT2D eigenvalue weighted by molar-refractivity contribution is -0.275. The van der Waals surface area contributed by atoms with Crippen LogP contribution in [0.3, 0.4) is 0 Å². The largest absolute Gasteiger partial charge is 0.573 e. The number of benzene rings is 2. The maximum atomic E-state index is 13.2. The summed E-state index contributed by atoms with van der Waals surface area (Å²) in [7, 11) is 0. The van der Waals surface area contributed by atoms with E-state index in [2.05, 4.69) is 14.5 Å². The molecular weight excluding hydrogens is 457 g/mol. The van der Waals surface area contributed by atoms with Crippen LogP contribution < -0.4 is 9.47 Å². The quantitative estimate of drug-likeness (QED) is 0.380. The molecule has 2 aromatic carbocycles. The molecule has 0 spiro atoms. The fourth-order valence-electron chi connectivity index (χ4n) is 2.82. The van der Waals surface area contributed by atoms with E-state index < -0.39 is 47.4 Å². The second-order valence-corrected chi connectivity index (χ2v) is 6.18. The number of rotatable bonds is 4. The van der Waals surface area contributed by atoms with E-state index in [-0.39, 0.29) is 11.1 Å². The van der Waals surface area contributed by atoms with E-state index in [0.29, 0.717) is 6.07 Å². The van der Waals surface area contributed by atoms with Gasteiger partial charge < -0.3 is 9.47 Å². The standard InChI is InChI=1S/C20H10F9NO2/c21-18(22,23)16-10-9-12(11-5-1-3-7-14(11)31-19(24,25)26)17(30-16)13-6-2-4-8-15(13)32-20(27,28)29/h1-10H. The lowest BCUT2D eigenvalue weighted by Gasteiger charge is -2.19. The van der Waals surface area contributed by atoms with Gasteiger partial charge in [-0.15, -0.1) is 26.3 Å². The normalized spacial score (nSPS) is 12.5. The molecule has 0 unspecified atom stereocenters. The first-order valence-corrected chi connectivity index (χ1v) is 8.53. The SMILES string of the molecule is FC(F)(F)Oc1ccccc1-c1ccc(C(F)(F)F)nc1-c1ccccc1OC(F)(F)F. The van der Waals surface area contributed by atoms with Crippen LogP contribution in [0.1, 0.15) is 5.69 Å². The molecule has 3 aromatic rings. The predicted octanol–water partition coefficient (Wildman–Crippen LogP) is 7.23. The first-order chi connectivity index (χ1) is 14.7. The molecule has 0 bridgehead atoms. The van der Waals surface area contributed by atoms with E-state index >= 15 is 0 Å². The lowest BCUT2D eigenvalue weighted by atomic mass is 9.97. The Bertz CT molecular complexity index is 1110. The van der Waals surface area contributed by atoms with Gasteiger partial charge in [0.2, 0.25) is 0 Å². The van der Waals surface area contributed by atoms with Crippen LogP contribution in [0.2, 0.25) is 0 Å². The molecule has 0 fully saturated rings. The summed E-state index contributed by atoms with van der Waals surface area (Å²) in [6.45, 7) is 0. The third-order valence-corrected chi connectivity index (χ3v) is 3.96. The number of hydrogen-bond acceptors (Lipinski definition) is 3. The monoisotopic (exact) mass is 467 g/mol.